The molecule has 4 rings (SSSR count). The average Bonchev–Trinajstić information content (AvgIpc) is 3.32. The summed E-state index contributed by atoms with van der Waals surface area (Å²) in [6, 6.07) is 3.56. The van der Waals surface area contributed by atoms with E-state index < -0.39 is 0 Å². The van der Waals surface area contributed by atoms with E-state index in [0.29, 0.717) is 24.9 Å². The molecule has 0 saturated carbocycles. The van der Waals surface area contributed by atoms with Crippen molar-refractivity contribution in [3.05, 3.63) is 42.7 Å². The second kappa shape index (κ2) is 7.61. The van der Waals surface area contributed by atoms with E-state index >= 15 is 0 Å². The minimum Gasteiger partial charge on any atom is -0.478 e. The molecule has 0 spiro atoms. The van der Waals surface area contributed by atoms with Gasteiger partial charge in [0, 0.05) is 37.6 Å². The van der Waals surface area contributed by atoms with Crippen LogP contribution in [-0.2, 0) is 7.05 Å². The summed E-state index contributed by atoms with van der Waals surface area (Å²) in [7, 11) is 1.83. The van der Waals surface area contributed by atoms with Gasteiger partial charge in [-0.2, -0.15) is 5.10 Å². The lowest BCUT2D eigenvalue weighted by Gasteiger charge is -2.19. The minimum atomic E-state index is -0.196. The maximum absolute atomic E-state index is 13.1. The molecule has 140 valence electrons. The number of pyridine rings is 1. The van der Waals surface area contributed by atoms with E-state index in [1.165, 1.54) is 6.26 Å². The van der Waals surface area contributed by atoms with Crippen molar-refractivity contribution in [1.82, 2.24) is 19.7 Å². The van der Waals surface area contributed by atoms with Gasteiger partial charge in [0.25, 0.3) is 5.91 Å². The van der Waals surface area contributed by atoms with Crippen LogP contribution in [0.1, 0.15) is 36.2 Å². The van der Waals surface area contributed by atoms with Crippen molar-refractivity contribution in [3.8, 4) is 17.3 Å². The average molecular weight is 367 g/mol. The maximum atomic E-state index is 13.1. The summed E-state index contributed by atoms with van der Waals surface area (Å²) in [5.74, 6) is 0.704. The number of amides is 1. The molecule has 27 heavy (non-hydrogen) atoms. The first kappa shape index (κ1) is 17.3. The predicted molar refractivity (Wildman–Crippen MR) is 98.6 cm³/mol. The van der Waals surface area contributed by atoms with Crippen molar-refractivity contribution in [2.24, 2.45) is 7.05 Å². The van der Waals surface area contributed by atoms with Crippen molar-refractivity contribution in [3.63, 3.8) is 0 Å². The Kier molecular flexibility index (Phi) is 4.86. The first-order chi connectivity index (χ1) is 13.2. The summed E-state index contributed by atoms with van der Waals surface area (Å²) in [5.41, 5.74) is 1.75. The topological polar surface area (TPSA) is 86.3 Å². The van der Waals surface area contributed by atoms with Crippen molar-refractivity contribution in [2.75, 3.05) is 18.1 Å². The Hall–Kier alpha value is -3.16. The molecule has 0 unspecified atom stereocenters. The zero-order valence-corrected chi connectivity index (χ0v) is 15.2. The second-order valence-corrected chi connectivity index (χ2v) is 6.51. The molecule has 3 aromatic heterocycles. The molecule has 0 saturated heterocycles. The fourth-order valence-corrected chi connectivity index (χ4v) is 3.06. The van der Waals surface area contributed by atoms with Gasteiger partial charge in [-0.1, -0.05) is 6.42 Å². The fourth-order valence-electron chi connectivity index (χ4n) is 3.06. The fraction of sp³-hybridized carbons (Fsp3) is 0.368. The van der Waals surface area contributed by atoms with E-state index in [1.807, 2.05) is 13.2 Å². The Morgan fingerprint density at radius 2 is 2.07 bits per heavy atom. The molecule has 4 bridgehead atoms. The zero-order valence-electron chi connectivity index (χ0n) is 15.2. The highest BCUT2D eigenvalue weighted by Gasteiger charge is 2.23. The largest absolute Gasteiger partial charge is 0.478 e. The molecule has 0 atom stereocenters. The van der Waals surface area contributed by atoms with Gasteiger partial charge >= 0.3 is 0 Å². The number of fused-ring (bicyclic) bond motifs is 5. The number of hydrogen-bond acceptors (Lipinski definition) is 6. The molecule has 3 aromatic rings. The zero-order chi connectivity index (χ0) is 18.6. The van der Waals surface area contributed by atoms with Gasteiger partial charge in [-0.3, -0.25) is 9.48 Å². The lowest BCUT2D eigenvalue weighted by atomic mass is 10.2. The first-order valence-corrected chi connectivity index (χ1v) is 9.06. The third-order valence-corrected chi connectivity index (χ3v) is 4.48. The van der Waals surface area contributed by atoms with Crippen molar-refractivity contribution < 1.29 is 13.9 Å². The predicted octanol–water partition coefficient (Wildman–Crippen LogP) is 3.07. The Balaban J connectivity index is 1.68. The van der Waals surface area contributed by atoms with Crippen LogP contribution in [0, 0.1) is 0 Å². The van der Waals surface area contributed by atoms with E-state index in [-0.39, 0.29) is 11.6 Å². The molecule has 0 N–H and O–H groups in total. The number of rotatable bonds is 1. The first-order valence-electron chi connectivity index (χ1n) is 9.06. The van der Waals surface area contributed by atoms with E-state index in [9.17, 15) is 4.79 Å². The molecular weight excluding hydrogens is 346 g/mol. The van der Waals surface area contributed by atoms with Crippen LogP contribution in [0.2, 0.25) is 0 Å². The highest BCUT2D eigenvalue weighted by Crippen LogP contribution is 2.24. The van der Waals surface area contributed by atoms with Crippen LogP contribution in [0.3, 0.4) is 0 Å². The van der Waals surface area contributed by atoms with Crippen molar-refractivity contribution in [1.29, 1.82) is 0 Å². The Morgan fingerprint density at radius 1 is 1.19 bits per heavy atom. The highest BCUT2D eigenvalue weighted by atomic mass is 16.5. The van der Waals surface area contributed by atoms with Gasteiger partial charge < -0.3 is 14.1 Å². The van der Waals surface area contributed by atoms with E-state index in [1.54, 1.807) is 34.1 Å². The van der Waals surface area contributed by atoms with Gasteiger partial charge in [0.2, 0.25) is 11.8 Å². The SMILES string of the molecule is Cn1cc(N2CCCCCCOc3cc(ccn3)-c3nc(co3)C2=O)cn1. The van der Waals surface area contributed by atoms with Gasteiger partial charge in [0.1, 0.15) is 6.26 Å². The highest BCUT2D eigenvalue weighted by molar-refractivity contribution is 6.04. The number of hydrogen-bond donors (Lipinski definition) is 0. The van der Waals surface area contributed by atoms with Crippen molar-refractivity contribution >= 4 is 11.6 Å². The number of carbonyl (C=O) groups is 1. The molecule has 1 amide bonds. The van der Waals surface area contributed by atoms with Crippen LogP contribution < -0.4 is 9.64 Å². The molecule has 1 aliphatic rings. The quantitative estimate of drug-likeness (QED) is 0.657. The minimum absolute atomic E-state index is 0.196. The number of ether oxygens (including phenoxy) is 1. The molecular formula is C19H21N5O3. The van der Waals surface area contributed by atoms with Crippen LogP contribution in [0.15, 0.2) is 41.4 Å². The van der Waals surface area contributed by atoms with E-state index in [0.717, 1.165) is 36.9 Å². The molecule has 8 nitrogen and oxygen atoms in total. The van der Waals surface area contributed by atoms with Crippen LogP contribution in [-0.4, -0.2) is 38.8 Å². The van der Waals surface area contributed by atoms with Crippen molar-refractivity contribution in [2.45, 2.75) is 25.7 Å². The van der Waals surface area contributed by atoms with Crippen LogP contribution >= 0.6 is 0 Å². The summed E-state index contributed by atoms with van der Waals surface area (Å²) in [5, 5.41) is 4.19. The van der Waals surface area contributed by atoms with Crippen LogP contribution in [0.5, 0.6) is 5.88 Å². The van der Waals surface area contributed by atoms with E-state index in [4.69, 9.17) is 9.15 Å². The van der Waals surface area contributed by atoms with Crippen LogP contribution in [0.4, 0.5) is 5.69 Å². The molecule has 4 heterocycles. The van der Waals surface area contributed by atoms with Gasteiger partial charge in [-0.25, -0.2) is 9.97 Å². The molecule has 8 heteroatoms. The number of nitrogens with zero attached hydrogens (tertiary/aromatic N) is 5. The number of aryl methyl sites for hydroxylation is 1. The number of aromatic nitrogens is 4. The number of oxazole rings is 1. The summed E-state index contributed by atoms with van der Waals surface area (Å²) in [6.45, 7) is 1.21. The summed E-state index contributed by atoms with van der Waals surface area (Å²) < 4.78 is 13.0. The lowest BCUT2D eigenvalue weighted by Crippen LogP contribution is -2.32. The number of carbonyl (C=O) groups excluding carboxylic acids is 1. The second-order valence-electron chi connectivity index (χ2n) is 6.51. The molecule has 0 fully saturated rings. The molecule has 0 radical (unpaired) electrons. The summed E-state index contributed by atoms with van der Waals surface area (Å²) in [6.07, 6.45) is 10.4. The standard InChI is InChI=1S/C19H21N5O3/c1-23-12-15(11-21-23)24-8-4-2-3-5-9-26-17-10-14(6-7-20-17)18-22-16(13-27-18)19(24)25/h6-7,10-13H,2-5,8-9H2,1H3. The van der Waals surface area contributed by atoms with Gasteiger partial charge in [0.15, 0.2) is 5.69 Å². The molecule has 0 aliphatic carbocycles. The Morgan fingerprint density at radius 3 is 2.93 bits per heavy atom. The molecule has 0 aromatic carbocycles. The van der Waals surface area contributed by atoms with Gasteiger partial charge in [-0.15, -0.1) is 0 Å². The lowest BCUT2D eigenvalue weighted by molar-refractivity contribution is 0.0981. The normalized spacial score (nSPS) is 15.7. The smallest absolute Gasteiger partial charge is 0.280 e. The van der Waals surface area contributed by atoms with Gasteiger partial charge in [0.05, 0.1) is 18.5 Å². The van der Waals surface area contributed by atoms with Crippen LogP contribution in [0.25, 0.3) is 11.5 Å². The Labute approximate surface area is 156 Å². The summed E-state index contributed by atoms with van der Waals surface area (Å²) in [4.78, 5) is 23.4. The molecule has 1 aliphatic heterocycles. The number of anilines is 1. The summed E-state index contributed by atoms with van der Waals surface area (Å²) >= 11 is 0. The maximum Gasteiger partial charge on any atom is 0.280 e. The third-order valence-electron chi connectivity index (χ3n) is 4.48. The third kappa shape index (κ3) is 3.84. The Bertz CT molecular complexity index is 933. The van der Waals surface area contributed by atoms with Gasteiger partial charge in [-0.05, 0) is 25.3 Å². The monoisotopic (exact) mass is 367 g/mol. The van der Waals surface area contributed by atoms with E-state index in [2.05, 4.69) is 15.1 Å².